The van der Waals surface area contributed by atoms with Gasteiger partial charge in [0.1, 0.15) is 7.43 Å². The molecule has 0 aromatic carbocycles. The second kappa shape index (κ2) is 2.33. The van der Waals surface area contributed by atoms with Gasteiger partial charge >= 0.3 is 5.97 Å². The maximum Gasteiger partial charge on any atom is 0.320 e. The van der Waals surface area contributed by atoms with Gasteiger partial charge in [-0.2, -0.15) is 0 Å². The second-order valence-electron chi connectivity index (χ2n) is 1.77. The highest BCUT2D eigenvalue weighted by Crippen LogP contribution is 2.05. The van der Waals surface area contributed by atoms with Gasteiger partial charge in [0.05, 0.1) is 7.47 Å². The number of hydrogen-bond donors (Lipinski definition) is 3. The third-order valence-electron chi connectivity index (χ3n) is 1.02. The molecular formula is C5H9NO3. The van der Waals surface area contributed by atoms with E-state index in [1.807, 2.05) is 0 Å². The van der Waals surface area contributed by atoms with Gasteiger partial charge in [-0.3, -0.25) is 4.79 Å². The summed E-state index contributed by atoms with van der Waals surface area (Å²) >= 11 is 0. The van der Waals surface area contributed by atoms with Crippen molar-refractivity contribution < 1.29 is 19.2 Å². The smallest absolute Gasteiger partial charge is 0.320 e. The minimum Gasteiger partial charge on any atom is -0.480 e. The van der Waals surface area contributed by atoms with Gasteiger partial charge in [-0.1, -0.05) is 0 Å². The Balaban J connectivity index is 2.95. The van der Waals surface area contributed by atoms with Gasteiger partial charge < -0.3 is 15.5 Å². The lowest BCUT2D eigenvalue weighted by Gasteiger charge is -1.99. The van der Waals surface area contributed by atoms with Crippen molar-refractivity contribution in [2.75, 3.05) is 6.54 Å². The van der Waals surface area contributed by atoms with Crippen LogP contribution in [0.1, 0.15) is 9.14 Å². The third kappa shape index (κ3) is 1.40. The van der Waals surface area contributed by atoms with Crippen molar-refractivity contribution in [2.24, 2.45) is 0 Å². The number of carboxylic acids is 1. The highest BCUT2D eigenvalue weighted by atomic mass is 16.4. The molecule has 9 heavy (non-hydrogen) atoms. The largest absolute Gasteiger partial charge is 0.480 e. The molecule has 1 aliphatic heterocycles. The Bertz CT molecular complexity index is 214. The molecule has 4 heteroatoms. The predicted octanol–water partition coefficient (Wildman–Crippen LogP) is -1.21. The Morgan fingerprint density at radius 3 is 3.00 bits per heavy atom. The van der Waals surface area contributed by atoms with Crippen LogP contribution in [-0.4, -0.2) is 34.8 Å². The summed E-state index contributed by atoms with van der Waals surface area (Å²) in [5, 5.41) is 18.0. The summed E-state index contributed by atoms with van der Waals surface area (Å²) in [4.78, 5) is 10.5. The number of rotatable bonds is 1. The van der Waals surface area contributed by atoms with Crippen molar-refractivity contribution in [3.63, 3.8) is 0 Å². The van der Waals surface area contributed by atoms with E-state index in [9.17, 15) is 4.79 Å². The van der Waals surface area contributed by atoms with Gasteiger partial charge in [0.2, 0.25) is 0 Å². The van der Waals surface area contributed by atoms with E-state index in [-0.39, 0.29) is 6.54 Å². The number of carboxylic acid groups (broad SMARTS) is 1. The number of aliphatic hydroxyl groups excluding tert-OH is 1. The zero-order valence-electron chi connectivity index (χ0n) is 7.61. The van der Waals surface area contributed by atoms with E-state index in [1.54, 1.807) is 0 Å². The molecule has 0 saturated carbocycles. The molecule has 0 aromatic heterocycles. The Kier molecular flexibility index (Phi) is 0.913. The zero-order valence-corrected chi connectivity index (χ0v) is 4.61. The number of aliphatic carboxylic acids is 1. The van der Waals surface area contributed by atoms with Crippen molar-refractivity contribution in [2.45, 2.75) is 18.5 Å². The fraction of sp³-hybridized carbons (Fsp3) is 0.800. The van der Waals surface area contributed by atoms with Crippen LogP contribution in [0.2, 0.25) is 1.41 Å². The molecule has 1 aliphatic rings. The fourth-order valence-corrected chi connectivity index (χ4v) is 0.618. The minimum atomic E-state index is -2.33. The first-order valence-corrected chi connectivity index (χ1v) is 2.51. The van der Waals surface area contributed by atoms with Crippen molar-refractivity contribution in [3.05, 3.63) is 0 Å². The standard InChI is InChI=1S/C5H9NO3/c7-3-1-4(5(8)9)6-2-3/h3-4,6-7H,1-2H2,(H,8,9)/t3-,4+/m1/s1/i1D,4D/hD/t1?,3-,4+. The topological polar surface area (TPSA) is 69.6 Å². The molecule has 0 bridgehead atoms. The zero-order chi connectivity index (χ0) is 9.52. The molecule has 3 atom stereocenters. The Hall–Kier alpha value is -0.610. The van der Waals surface area contributed by atoms with Gasteiger partial charge in [-0.25, -0.2) is 0 Å². The molecule has 1 fully saturated rings. The Labute approximate surface area is 56.8 Å². The number of carbonyl (C=O) groups is 1. The maximum atomic E-state index is 10.5. The van der Waals surface area contributed by atoms with Crippen molar-refractivity contribution in [3.8, 4) is 0 Å². The first kappa shape index (κ1) is 3.53. The van der Waals surface area contributed by atoms with Crippen LogP contribution in [0.15, 0.2) is 0 Å². The first-order chi connectivity index (χ1) is 5.40. The first-order valence-electron chi connectivity index (χ1n) is 4.03. The normalized spacial score (nSPS) is 58.1. The van der Waals surface area contributed by atoms with E-state index in [4.69, 9.17) is 14.4 Å². The van der Waals surface area contributed by atoms with E-state index in [1.165, 1.54) is 0 Å². The van der Waals surface area contributed by atoms with E-state index in [0.717, 1.165) is 0 Å². The molecule has 0 amide bonds. The average Bonchev–Trinajstić information content (AvgIpc) is 2.16. The highest BCUT2D eigenvalue weighted by molar-refractivity contribution is 5.73. The number of hydrogen-bond acceptors (Lipinski definition) is 3. The molecule has 3 N–H and O–H groups in total. The van der Waals surface area contributed by atoms with Gasteiger partial charge in [0.25, 0.3) is 0 Å². The Morgan fingerprint density at radius 1 is 2.11 bits per heavy atom. The molecule has 52 valence electrons. The van der Waals surface area contributed by atoms with Crippen molar-refractivity contribution >= 4 is 5.97 Å². The van der Waals surface area contributed by atoms with E-state index in [0.29, 0.717) is 5.31 Å². The van der Waals surface area contributed by atoms with Crippen molar-refractivity contribution in [1.82, 2.24) is 5.31 Å². The van der Waals surface area contributed by atoms with E-state index < -0.39 is 24.5 Å². The second-order valence-corrected chi connectivity index (χ2v) is 1.77. The Morgan fingerprint density at radius 2 is 2.78 bits per heavy atom. The number of aliphatic hydroxyl groups is 1. The molecule has 4 nitrogen and oxygen atoms in total. The van der Waals surface area contributed by atoms with Gasteiger partial charge in [0.15, 0.2) is 0 Å². The average molecular weight is 134 g/mol. The summed E-state index contributed by atoms with van der Waals surface area (Å²) in [5.41, 5.74) is 0. The third-order valence-corrected chi connectivity index (χ3v) is 1.02. The SMILES string of the molecule is [2H]C1[C@@H](O)CN([2H])[C@]1([2H])C(=O)O. The van der Waals surface area contributed by atoms with Crippen LogP contribution < -0.4 is 5.31 Å². The summed E-state index contributed by atoms with van der Waals surface area (Å²) in [6, 6.07) is -2.33. The number of β-amino-alcohol motifs (C(OH)–C–C–N with tert-alkyl or cyclic N) is 1. The monoisotopic (exact) mass is 134 g/mol. The molecule has 1 rings (SSSR count). The summed E-state index contributed by atoms with van der Waals surface area (Å²) < 4.78 is 21.5. The van der Waals surface area contributed by atoms with Crippen LogP contribution in [0.4, 0.5) is 0 Å². The predicted molar refractivity (Wildman–Crippen MR) is 30.1 cm³/mol. The lowest BCUT2D eigenvalue weighted by atomic mass is 10.2. The van der Waals surface area contributed by atoms with Crippen LogP contribution in [0.3, 0.4) is 0 Å². The molecule has 1 unspecified atom stereocenters. The quantitative estimate of drug-likeness (QED) is 0.421. The van der Waals surface area contributed by atoms with Crippen LogP contribution in [-0.2, 0) is 4.79 Å². The molecule has 0 aromatic rings. The summed E-state index contributed by atoms with van der Waals surface area (Å²) in [5.74, 6) is -1.57. The van der Waals surface area contributed by atoms with Crippen LogP contribution in [0, 0.1) is 0 Å². The van der Waals surface area contributed by atoms with Gasteiger partial charge in [-0.15, -0.1) is 0 Å². The molecule has 0 aliphatic carbocycles. The summed E-state index contributed by atoms with van der Waals surface area (Å²) in [6.45, 7) is -0.274. The van der Waals surface area contributed by atoms with Gasteiger partial charge in [-0.05, 0) is 0 Å². The maximum absolute atomic E-state index is 10.5. The molecule has 0 spiro atoms. The van der Waals surface area contributed by atoms with Gasteiger partial charge in [0, 0.05) is 14.3 Å². The molecule has 1 heterocycles. The van der Waals surface area contributed by atoms with Crippen molar-refractivity contribution in [1.29, 1.82) is 0 Å². The van der Waals surface area contributed by atoms with E-state index in [2.05, 4.69) is 0 Å². The lowest BCUT2D eigenvalue weighted by molar-refractivity contribution is -0.139. The minimum absolute atomic E-state index is 0.274. The molecular weight excluding hydrogens is 122 g/mol. The lowest BCUT2D eigenvalue weighted by Crippen LogP contribution is -2.29. The molecule has 1 saturated heterocycles. The van der Waals surface area contributed by atoms with E-state index >= 15 is 0 Å². The fourth-order valence-electron chi connectivity index (χ4n) is 0.618. The van der Waals surface area contributed by atoms with Crippen LogP contribution in [0.25, 0.3) is 0 Å². The highest BCUT2D eigenvalue weighted by Gasteiger charge is 2.27. The number of nitrogens with one attached hydrogen (secondary N) is 1. The molecule has 0 radical (unpaired) electrons. The summed E-state index contributed by atoms with van der Waals surface area (Å²) in [7, 11) is 0. The van der Waals surface area contributed by atoms with Crippen LogP contribution in [0.5, 0.6) is 0 Å². The summed E-state index contributed by atoms with van der Waals surface area (Å²) in [6.07, 6.45) is -2.73. The van der Waals surface area contributed by atoms with Crippen LogP contribution >= 0.6 is 0 Å².